The quantitative estimate of drug-likeness (QED) is 0.412. The summed E-state index contributed by atoms with van der Waals surface area (Å²) in [6.45, 7) is 3.66. The Kier molecular flexibility index (Phi) is 5.92. The lowest BCUT2D eigenvalue weighted by molar-refractivity contribution is -0.114. The third kappa shape index (κ3) is 4.57. The van der Waals surface area contributed by atoms with Gasteiger partial charge in [0, 0.05) is 23.2 Å². The number of aromatic amines is 1. The molecule has 0 radical (unpaired) electrons. The molecule has 30 heavy (non-hydrogen) atoms. The van der Waals surface area contributed by atoms with Gasteiger partial charge in [0.1, 0.15) is 4.83 Å². The summed E-state index contributed by atoms with van der Waals surface area (Å²) in [6, 6.07) is 6.93. The van der Waals surface area contributed by atoms with Crippen LogP contribution in [0.15, 0.2) is 34.2 Å². The Balaban J connectivity index is 1.44. The van der Waals surface area contributed by atoms with Crippen molar-refractivity contribution in [2.75, 3.05) is 16.4 Å². The average Bonchev–Trinajstić information content (AvgIpc) is 3.04. The molecule has 1 atom stereocenters. The first kappa shape index (κ1) is 20.6. The van der Waals surface area contributed by atoms with Gasteiger partial charge in [-0.15, -0.1) is 11.3 Å². The number of aromatic nitrogens is 2. The van der Waals surface area contributed by atoms with Crippen LogP contribution < -0.4 is 16.2 Å². The number of amides is 2. The molecule has 0 unspecified atom stereocenters. The lowest BCUT2D eigenvalue weighted by atomic mass is 9.89. The predicted molar refractivity (Wildman–Crippen MR) is 122 cm³/mol. The second-order valence-corrected chi connectivity index (χ2v) is 9.55. The van der Waals surface area contributed by atoms with Crippen molar-refractivity contribution in [3.8, 4) is 0 Å². The largest absolute Gasteiger partial charge is 0.326 e. The van der Waals surface area contributed by atoms with Crippen LogP contribution in [0.1, 0.15) is 30.7 Å². The number of H-pyrrole nitrogens is 1. The predicted octanol–water partition coefficient (Wildman–Crippen LogP) is 3.80. The molecule has 9 heteroatoms. The molecule has 2 amide bonds. The van der Waals surface area contributed by atoms with Crippen molar-refractivity contribution in [3.05, 3.63) is 45.1 Å². The highest BCUT2D eigenvalue weighted by molar-refractivity contribution is 7.99. The Morgan fingerprint density at radius 2 is 2.07 bits per heavy atom. The number of nitrogens with zero attached hydrogens (tertiary/aromatic N) is 1. The summed E-state index contributed by atoms with van der Waals surface area (Å²) >= 11 is 2.79. The second-order valence-electron chi connectivity index (χ2n) is 7.50. The van der Waals surface area contributed by atoms with Crippen LogP contribution in [0.25, 0.3) is 10.2 Å². The first-order chi connectivity index (χ1) is 14.4. The molecule has 0 fully saturated rings. The molecule has 0 aliphatic heterocycles. The number of thioether (sulfide) groups is 1. The van der Waals surface area contributed by atoms with Crippen LogP contribution in [0, 0.1) is 5.92 Å². The maximum atomic E-state index is 12.6. The maximum absolute atomic E-state index is 12.6. The Morgan fingerprint density at radius 1 is 1.30 bits per heavy atom. The molecule has 2 aromatic heterocycles. The van der Waals surface area contributed by atoms with Gasteiger partial charge in [-0.25, -0.2) is 4.98 Å². The van der Waals surface area contributed by atoms with Gasteiger partial charge in [-0.1, -0.05) is 24.8 Å². The minimum atomic E-state index is -0.220. The number of carbonyl (C=O) groups excluding carboxylic acids is 2. The van der Waals surface area contributed by atoms with Crippen molar-refractivity contribution in [2.45, 2.75) is 38.3 Å². The fourth-order valence-electron chi connectivity index (χ4n) is 3.61. The molecule has 156 valence electrons. The Hall–Kier alpha value is -2.65. The minimum absolute atomic E-state index is 0.112. The highest BCUT2D eigenvalue weighted by Crippen LogP contribution is 2.36. The van der Waals surface area contributed by atoms with Gasteiger partial charge in [0.15, 0.2) is 5.16 Å². The number of nitrogens with one attached hydrogen (secondary N) is 3. The van der Waals surface area contributed by atoms with Crippen LogP contribution in [0.4, 0.5) is 11.4 Å². The van der Waals surface area contributed by atoms with E-state index in [0.717, 1.165) is 29.7 Å². The average molecular weight is 443 g/mol. The van der Waals surface area contributed by atoms with Gasteiger partial charge in [-0.2, -0.15) is 0 Å². The van der Waals surface area contributed by atoms with Crippen LogP contribution in [-0.2, 0) is 22.4 Å². The molecule has 4 rings (SSSR count). The van der Waals surface area contributed by atoms with Gasteiger partial charge >= 0.3 is 0 Å². The van der Waals surface area contributed by atoms with Crippen molar-refractivity contribution in [1.29, 1.82) is 0 Å². The number of rotatable bonds is 5. The number of thiophene rings is 1. The van der Waals surface area contributed by atoms with E-state index in [1.165, 1.54) is 23.6 Å². The summed E-state index contributed by atoms with van der Waals surface area (Å²) in [4.78, 5) is 45.6. The molecule has 1 aliphatic carbocycles. The van der Waals surface area contributed by atoms with E-state index in [4.69, 9.17) is 0 Å². The zero-order valence-corrected chi connectivity index (χ0v) is 18.3. The fraction of sp³-hybridized carbons (Fsp3) is 0.333. The number of anilines is 2. The normalized spacial score (nSPS) is 15.6. The molecule has 1 aromatic carbocycles. The lowest BCUT2D eigenvalue weighted by Crippen LogP contribution is -2.16. The van der Waals surface area contributed by atoms with Crippen molar-refractivity contribution in [2.24, 2.45) is 5.92 Å². The summed E-state index contributed by atoms with van der Waals surface area (Å²) in [5, 5.41) is 6.63. The lowest BCUT2D eigenvalue weighted by Gasteiger charge is -2.17. The summed E-state index contributed by atoms with van der Waals surface area (Å²) in [5.41, 5.74) is 2.22. The van der Waals surface area contributed by atoms with E-state index in [9.17, 15) is 14.4 Å². The van der Waals surface area contributed by atoms with E-state index in [1.807, 2.05) is 0 Å². The van der Waals surface area contributed by atoms with Crippen LogP contribution >= 0.6 is 23.1 Å². The fourth-order valence-corrected chi connectivity index (χ4v) is 5.71. The zero-order chi connectivity index (χ0) is 21.3. The van der Waals surface area contributed by atoms with Gasteiger partial charge in [-0.3, -0.25) is 14.4 Å². The number of hydrogen-bond acceptors (Lipinski definition) is 6. The molecule has 1 aliphatic rings. The number of fused-ring (bicyclic) bond motifs is 3. The molecule has 2 heterocycles. The van der Waals surface area contributed by atoms with Gasteiger partial charge in [0.25, 0.3) is 5.56 Å². The first-order valence-electron chi connectivity index (χ1n) is 9.74. The first-order valence-corrected chi connectivity index (χ1v) is 11.5. The second kappa shape index (κ2) is 8.61. The van der Waals surface area contributed by atoms with Crippen molar-refractivity contribution >= 4 is 56.5 Å². The third-order valence-electron chi connectivity index (χ3n) is 4.95. The van der Waals surface area contributed by atoms with Crippen LogP contribution in [0.3, 0.4) is 0 Å². The molecule has 0 saturated carbocycles. The van der Waals surface area contributed by atoms with E-state index in [2.05, 4.69) is 27.5 Å². The Bertz CT molecular complexity index is 1180. The summed E-state index contributed by atoms with van der Waals surface area (Å²) < 4.78 is 0. The number of benzene rings is 1. The molecule has 0 saturated heterocycles. The highest BCUT2D eigenvalue weighted by Gasteiger charge is 2.23. The van der Waals surface area contributed by atoms with Crippen molar-refractivity contribution in [3.63, 3.8) is 0 Å². The van der Waals surface area contributed by atoms with Gasteiger partial charge in [-0.05, 0) is 48.9 Å². The van der Waals surface area contributed by atoms with Crippen LogP contribution in [0.5, 0.6) is 0 Å². The van der Waals surface area contributed by atoms with E-state index >= 15 is 0 Å². The van der Waals surface area contributed by atoms with E-state index in [0.29, 0.717) is 27.8 Å². The molecular formula is C21H22N4O3S2. The van der Waals surface area contributed by atoms with Gasteiger partial charge < -0.3 is 15.6 Å². The Labute approximate surface area is 181 Å². The molecule has 0 spiro atoms. The standard InChI is InChI=1S/C21H22N4O3S2/c1-11-6-7-15-16(8-11)30-20-18(15)19(28)24-21(25-20)29-10-17(27)23-14-5-3-4-13(9-14)22-12(2)26/h3-5,9,11H,6-8,10H2,1-2H3,(H,22,26)(H,23,27)(H,24,25,28)/t11-/m1/s1. The highest BCUT2D eigenvalue weighted by atomic mass is 32.2. The maximum Gasteiger partial charge on any atom is 0.260 e. The zero-order valence-electron chi connectivity index (χ0n) is 16.7. The smallest absolute Gasteiger partial charge is 0.260 e. The van der Waals surface area contributed by atoms with Gasteiger partial charge in [0.2, 0.25) is 11.8 Å². The monoisotopic (exact) mass is 442 g/mol. The number of hydrogen-bond donors (Lipinski definition) is 3. The molecule has 0 bridgehead atoms. The van der Waals surface area contributed by atoms with E-state index in [-0.39, 0.29) is 23.1 Å². The third-order valence-corrected chi connectivity index (χ3v) is 6.97. The van der Waals surface area contributed by atoms with E-state index < -0.39 is 0 Å². The topological polar surface area (TPSA) is 104 Å². The molecule has 3 aromatic rings. The van der Waals surface area contributed by atoms with Gasteiger partial charge in [0.05, 0.1) is 11.1 Å². The minimum Gasteiger partial charge on any atom is -0.326 e. The Morgan fingerprint density at radius 3 is 2.83 bits per heavy atom. The van der Waals surface area contributed by atoms with Crippen molar-refractivity contribution in [1.82, 2.24) is 9.97 Å². The summed E-state index contributed by atoms with van der Waals surface area (Å²) in [5.74, 6) is 0.346. The summed E-state index contributed by atoms with van der Waals surface area (Å²) in [6.07, 6.45) is 3.02. The summed E-state index contributed by atoms with van der Waals surface area (Å²) in [7, 11) is 0. The molecule has 7 nitrogen and oxygen atoms in total. The van der Waals surface area contributed by atoms with E-state index in [1.54, 1.807) is 35.6 Å². The van der Waals surface area contributed by atoms with Crippen LogP contribution in [-0.4, -0.2) is 27.5 Å². The number of carbonyl (C=O) groups is 2. The van der Waals surface area contributed by atoms with Crippen LogP contribution in [0.2, 0.25) is 0 Å². The molecular weight excluding hydrogens is 420 g/mol. The van der Waals surface area contributed by atoms with Crippen molar-refractivity contribution < 1.29 is 9.59 Å². The SMILES string of the molecule is CC(=O)Nc1cccc(NC(=O)CSc2nc3sc4c(c3c(=O)[nH]2)CC[C@@H](C)C4)c1. The number of aryl methyl sites for hydroxylation is 1. The molecule has 3 N–H and O–H groups in total.